The minimum atomic E-state index is -0.324. The predicted octanol–water partition coefficient (Wildman–Crippen LogP) is 2.87. The van der Waals surface area contributed by atoms with E-state index in [1.54, 1.807) is 6.07 Å². The van der Waals surface area contributed by atoms with E-state index in [4.69, 9.17) is 0 Å². The van der Waals surface area contributed by atoms with Crippen LogP contribution >= 0.6 is 11.3 Å². The molecular formula is C14H23N3O2S. The first-order chi connectivity index (χ1) is 9.58. The lowest BCUT2D eigenvalue weighted by atomic mass is 10.0. The molecule has 0 spiro atoms. The highest BCUT2D eigenvalue weighted by molar-refractivity contribution is 7.13. The zero-order valence-electron chi connectivity index (χ0n) is 12.2. The molecule has 1 aromatic heterocycles. The number of hydrogen-bond acceptors (Lipinski definition) is 5. The summed E-state index contributed by atoms with van der Waals surface area (Å²) in [6.45, 7) is 8.59. The summed E-state index contributed by atoms with van der Waals surface area (Å²) in [6, 6.07) is 2.23. The molecule has 1 aliphatic heterocycles. The van der Waals surface area contributed by atoms with Crippen molar-refractivity contribution in [3.05, 3.63) is 27.1 Å². The van der Waals surface area contributed by atoms with Crippen molar-refractivity contribution < 1.29 is 4.92 Å². The van der Waals surface area contributed by atoms with Gasteiger partial charge < -0.3 is 5.32 Å². The Morgan fingerprint density at radius 2 is 2.15 bits per heavy atom. The van der Waals surface area contributed by atoms with Crippen molar-refractivity contribution in [2.24, 2.45) is 5.92 Å². The highest BCUT2D eigenvalue weighted by Crippen LogP contribution is 2.22. The van der Waals surface area contributed by atoms with Crippen molar-refractivity contribution in [3.8, 4) is 0 Å². The number of hydrogen-bond donors (Lipinski definition) is 1. The van der Waals surface area contributed by atoms with Crippen molar-refractivity contribution in [2.75, 3.05) is 19.6 Å². The molecule has 112 valence electrons. The third-order valence-corrected chi connectivity index (χ3v) is 4.81. The lowest BCUT2D eigenvalue weighted by molar-refractivity contribution is -0.380. The van der Waals surface area contributed by atoms with Crippen LogP contribution in [-0.4, -0.2) is 35.5 Å². The molecule has 5 nitrogen and oxygen atoms in total. The summed E-state index contributed by atoms with van der Waals surface area (Å²) in [4.78, 5) is 12.9. The molecule has 2 heterocycles. The zero-order valence-corrected chi connectivity index (χ0v) is 13.0. The molecule has 1 N–H and O–H groups in total. The lowest BCUT2D eigenvalue weighted by Gasteiger charge is -2.31. The second-order valence-corrected chi connectivity index (χ2v) is 6.63. The summed E-state index contributed by atoms with van der Waals surface area (Å²) in [5.74, 6) is 0.623. The van der Waals surface area contributed by atoms with Crippen LogP contribution in [0.25, 0.3) is 0 Å². The van der Waals surface area contributed by atoms with Crippen molar-refractivity contribution in [2.45, 2.75) is 39.3 Å². The smallest absolute Gasteiger partial charge is 0.311 e. The summed E-state index contributed by atoms with van der Waals surface area (Å²) in [7, 11) is 0. The summed E-state index contributed by atoms with van der Waals surface area (Å²) >= 11 is 1.20. The van der Waals surface area contributed by atoms with Gasteiger partial charge in [0, 0.05) is 30.6 Å². The third-order valence-electron chi connectivity index (χ3n) is 3.88. The van der Waals surface area contributed by atoms with Gasteiger partial charge in [-0.25, -0.2) is 0 Å². The number of nitrogens with one attached hydrogen (secondary N) is 1. The fourth-order valence-corrected chi connectivity index (χ4v) is 3.50. The van der Waals surface area contributed by atoms with Gasteiger partial charge in [0.2, 0.25) is 0 Å². The standard InChI is InChI=1S/C14H23N3O2S/c1-11(2)13(16-5-3-4-6-16)9-15-8-12-7-14(17(18)19)20-10-12/h7,10-11,13,15H,3-6,8-9H2,1-2H3. The van der Waals surface area contributed by atoms with E-state index < -0.39 is 0 Å². The SMILES string of the molecule is CC(C)C(CNCc1csc([N+](=O)[O-])c1)N1CCCC1. The van der Waals surface area contributed by atoms with E-state index in [2.05, 4.69) is 24.1 Å². The van der Waals surface area contributed by atoms with Crippen molar-refractivity contribution in [1.29, 1.82) is 0 Å². The number of nitro groups is 1. The molecule has 1 saturated heterocycles. The van der Waals surface area contributed by atoms with Crippen LogP contribution in [0.2, 0.25) is 0 Å². The van der Waals surface area contributed by atoms with Gasteiger partial charge in [-0.15, -0.1) is 0 Å². The van der Waals surface area contributed by atoms with E-state index >= 15 is 0 Å². The van der Waals surface area contributed by atoms with E-state index in [1.165, 1.54) is 37.3 Å². The Labute approximate surface area is 124 Å². The lowest BCUT2D eigenvalue weighted by Crippen LogP contribution is -2.44. The Morgan fingerprint density at radius 3 is 2.70 bits per heavy atom. The molecule has 0 bridgehead atoms. The largest absolute Gasteiger partial charge is 0.324 e. The van der Waals surface area contributed by atoms with Gasteiger partial charge in [-0.2, -0.15) is 0 Å². The van der Waals surface area contributed by atoms with Gasteiger partial charge in [0.05, 0.1) is 4.92 Å². The van der Waals surface area contributed by atoms with Gasteiger partial charge >= 0.3 is 5.00 Å². The summed E-state index contributed by atoms with van der Waals surface area (Å²) in [5, 5.41) is 16.2. The Bertz CT molecular complexity index is 441. The van der Waals surface area contributed by atoms with Gasteiger partial charge in [0.1, 0.15) is 0 Å². The van der Waals surface area contributed by atoms with Gasteiger partial charge in [-0.05, 0) is 37.4 Å². The highest BCUT2D eigenvalue weighted by atomic mass is 32.1. The first-order valence-electron chi connectivity index (χ1n) is 7.24. The number of rotatable bonds is 7. The van der Waals surface area contributed by atoms with E-state index in [1.807, 2.05) is 5.38 Å². The fourth-order valence-electron chi connectivity index (χ4n) is 2.78. The molecule has 0 aromatic carbocycles. The summed E-state index contributed by atoms with van der Waals surface area (Å²) in [6.07, 6.45) is 2.61. The van der Waals surface area contributed by atoms with Crippen LogP contribution in [0.1, 0.15) is 32.3 Å². The van der Waals surface area contributed by atoms with Crippen molar-refractivity contribution in [1.82, 2.24) is 10.2 Å². The normalized spacial score (nSPS) is 17.8. The van der Waals surface area contributed by atoms with Gasteiger partial charge in [0.15, 0.2) is 0 Å². The molecule has 0 aliphatic carbocycles. The second-order valence-electron chi connectivity index (χ2n) is 5.74. The fraction of sp³-hybridized carbons (Fsp3) is 0.714. The highest BCUT2D eigenvalue weighted by Gasteiger charge is 2.24. The first-order valence-corrected chi connectivity index (χ1v) is 8.12. The topological polar surface area (TPSA) is 58.4 Å². The van der Waals surface area contributed by atoms with Crippen molar-refractivity contribution >= 4 is 16.3 Å². The minimum Gasteiger partial charge on any atom is -0.311 e. The van der Waals surface area contributed by atoms with Crippen molar-refractivity contribution in [3.63, 3.8) is 0 Å². The number of thiophene rings is 1. The van der Waals surface area contributed by atoms with Crippen LogP contribution in [-0.2, 0) is 6.54 Å². The molecule has 6 heteroatoms. The molecule has 0 saturated carbocycles. The van der Waals surface area contributed by atoms with Crippen LogP contribution in [0.5, 0.6) is 0 Å². The quantitative estimate of drug-likeness (QED) is 0.621. The molecular weight excluding hydrogens is 274 g/mol. The average Bonchev–Trinajstić information content (AvgIpc) is 3.05. The van der Waals surface area contributed by atoms with Crippen LogP contribution in [0.15, 0.2) is 11.4 Å². The number of likely N-dealkylation sites (tertiary alicyclic amines) is 1. The first kappa shape index (κ1) is 15.4. The molecule has 1 unspecified atom stereocenters. The molecule has 0 radical (unpaired) electrons. The Morgan fingerprint density at radius 1 is 1.45 bits per heavy atom. The second kappa shape index (κ2) is 7.15. The number of nitrogens with zero attached hydrogens (tertiary/aromatic N) is 2. The van der Waals surface area contributed by atoms with Crippen LogP contribution in [0, 0.1) is 16.0 Å². The van der Waals surface area contributed by atoms with Crippen LogP contribution in [0.4, 0.5) is 5.00 Å². The zero-order chi connectivity index (χ0) is 14.5. The molecule has 1 aliphatic rings. The Kier molecular flexibility index (Phi) is 5.51. The summed E-state index contributed by atoms with van der Waals surface area (Å²) in [5.41, 5.74) is 1.01. The maximum Gasteiger partial charge on any atom is 0.324 e. The maximum atomic E-state index is 10.6. The van der Waals surface area contributed by atoms with Gasteiger partial charge in [0.25, 0.3) is 0 Å². The predicted molar refractivity (Wildman–Crippen MR) is 82.1 cm³/mol. The third kappa shape index (κ3) is 4.01. The van der Waals surface area contributed by atoms with E-state index in [0.29, 0.717) is 18.5 Å². The molecule has 2 rings (SSSR count). The minimum absolute atomic E-state index is 0.224. The van der Waals surface area contributed by atoms with Gasteiger partial charge in [-0.1, -0.05) is 25.2 Å². The van der Waals surface area contributed by atoms with Crippen LogP contribution < -0.4 is 5.32 Å². The molecule has 1 aromatic rings. The van der Waals surface area contributed by atoms with Gasteiger partial charge in [-0.3, -0.25) is 15.0 Å². The monoisotopic (exact) mass is 297 g/mol. The maximum absolute atomic E-state index is 10.6. The molecule has 1 atom stereocenters. The van der Waals surface area contributed by atoms with E-state index in [-0.39, 0.29) is 9.92 Å². The Hall–Kier alpha value is -0.980. The average molecular weight is 297 g/mol. The van der Waals surface area contributed by atoms with E-state index in [0.717, 1.165) is 12.1 Å². The summed E-state index contributed by atoms with van der Waals surface area (Å²) < 4.78 is 0. The molecule has 1 fully saturated rings. The van der Waals surface area contributed by atoms with Crippen LogP contribution in [0.3, 0.4) is 0 Å². The molecule has 0 amide bonds. The van der Waals surface area contributed by atoms with E-state index in [9.17, 15) is 10.1 Å². The Balaban J connectivity index is 1.81. The molecule has 20 heavy (non-hydrogen) atoms.